The quantitative estimate of drug-likeness (QED) is 0.910. The molecule has 2 atom stereocenters. The summed E-state index contributed by atoms with van der Waals surface area (Å²) < 4.78 is 7.73. The second-order valence-electron chi connectivity index (χ2n) is 7.70. The van der Waals surface area contributed by atoms with Crippen LogP contribution >= 0.6 is 0 Å². The van der Waals surface area contributed by atoms with Crippen molar-refractivity contribution in [2.45, 2.75) is 65.0 Å². The molecule has 0 radical (unpaired) electrons. The van der Waals surface area contributed by atoms with Crippen LogP contribution in [0.25, 0.3) is 0 Å². The van der Waals surface area contributed by atoms with Gasteiger partial charge in [0.25, 0.3) is 0 Å². The summed E-state index contributed by atoms with van der Waals surface area (Å²) in [5.41, 5.74) is 3.47. The van der Waals surface area contributed by atoms with E-state index in [1.54, 1.807) is 0 Å². The summed E-state index contributed by atoms with van der Waals surface area (Å²) in [6.45, 7) is 8.79. The van der Waals surface area contributed by atoms with Gasteiger partial charge in [-0.15, -0.1) is 0 Å². The molecule has 0 aromatic carbocycles. The number of hydrogen-bond donors (Lipinski definition) is 1. The lowest BCUT2D eigenvalue weighted by molar-refractivity contribution is 0.0371. The number of urea groups is 1. The van der Waals surface area contributed by atoms with E-state index in [-0.39, 0.29) is 12.1 Å². The number of rotatable bonds is 4. The summed E-state index contributed by atoms with van der Waals surface area (Å²) in [5, 5.41) is 7.63. The second kappa shape index (κ2) is 7.77. The van der Waals surface area contributed by atoms with Crippen molar-refractivity contribution in [1.82, 2.24) is 20.0 Å². The van der Waals surface area contributed by atoms with Crippen molar-refractivity contribution in [2.75, 3.05) is 19.7 Å². The zero-order valence-electron chi connectivity index (χ0n) is 16.0. The van der Waals surface area contributed by atoms with E-state index >= 15 is 0 Å². The van der Waals surface area contributed by atoms with Crippen LogP contribution in [0, 0.1) is 19.8 Å². The Labute approximate surface area is 150 Å². The molecule has 1 aromatic rings. The van der Waals surface area contributed by atoms with Gasteiger partial charge in [0.1, 0.15) is 0 Å². The van der Waals surface area contributed by atoms with Crippen molar-refractivity contribution in [3.05, 3.63) is 17.0 Å². The van der Waals surface area contributed by atoms with Crippen LogP contribution in [0.4, 0.5) is 4.79 Å². The van der Waals surface area contributed by atoms with Crippen LogP contribution in [-0.2, 0) is 18.2 Å². The standard InChI is InChI=1S/C19H32N4O2/c1-13(12-17-14(2)21-22(4)15(17)3)20-19(24)23-9-7-16(8-10-23)18-6-5-11-25-18/h13,16,18H,5-12H2,1-4H3,(H,20,24)/t13-,18-/m0/s1. The highest BCUT2D eigenvalue weighted by atomic mass is 16.5. The zero-order chi connectivity index (χ0) is 18.0. The first-order valence-corrected chi connectivity index (χ1v) is 9.61. The molecular weight excluding hydrogens is 316 g/mol. The van der Waals surface area contributed by atoms with Crippen LogP contribution in [0.1, 0.15) is 49.6 Å². The summed E-state index contributed by atoms with van der Waals surface area (Å²) in [4.78, 5) is 14.5. The van der Waals surface area contributed by atoms with Crippen LogP contribution in [0.2, 0.25) is 0 Å². The maximum atomic E-state index is 12.6. The molecule has 2 fully saturated rings. The Morgan fingerprint density at radius 1 is 1.32 bits per heavy atom. The molecule has 6 nitrogen and oxygen atoms in total. The van der Waals surface area contributed by atoms with Gasteiger partial charge in [-0.2, -0.15) is 5.10 Å². The van der Waals surface area contributed by atoms with E-state index in [0.717, 1.165) is 44.7 Å². The monoisotopic (exact) mass is 348 g/mol. The van der Waals surface area contributed by atoms with E-state index in [4.69, 9.17) is 4.74 Å². The number of aryl methyl sites for hydroxylation is 2. The molecule has 1 aromatic heterocycles. The Balaban J connectivity index is 1.47. The van der Waals surface area contributed by atoms with Crippen LogP contribution in [0.5, 0.6) is 0 Å². The van der Waals surface area contributed by atoms with Crippen LogP contribution in [-0.4, -0.2) is 52.6 Å². The molecule has 25 heavy (non-hydrogen) atoms. The molecule has 0 aliphatic carbocycles. The van der Waals surface area contributed by atoms with E-state index in [9.17, 15) is 4.79 Å². The number of amides is 2. The average molecular weight is 348 g/mol. The minimum absolute atomic E-state index is 0.0671. The fourth-order valence-electron chi connectivity index (χ4n) is 4.22. The SMILES string of the molecule is Cc1nn(C)c(C)c1C[C@H](C)NC(=O)N1CCC([C@@H]2CCCO2)CC1. The molecule has 3 heterocycles. The molecule has 2 aliphatic rings. The van der Waals surface area contributed by atoms with Crippen LogP contribution < -0.4 is 5.32 Å². The van der Waals surface area contributed by atoms with Crippen molar-refractivity contribution >= 4 is 6.03 Å². The van der Waals surface area contributed by atoms with Gasteiger partial charge in [0.15, 0.2) is 0 Å². The van der Waals surface area contributed by atoms with E-state index in [2.05, 4.69) is 24.3 Å². The Hall–Kier alpha value is -1.56. The predicted octanol–water partition coefficient (Wildman–Crippen LogP) is 2.57. The molecule has 2 amide bonds. The van der Waals surface area contributed by atoms with Crippen molar-refractivity contribution in [1.29, 1.82) is 0 Å². The number of ether oxygens (including phenoxy) is 1. The largest absolute Gasteiger partial charge is 0.378 e. The number of nitrogens with one attached hydrogen (secondary N) is 1. The van der Waals surface area contributed by atoms with E-state index in [1.165, 1.54) is 24.1 Å². The van der Waals surface area contributed by atoms with Gasteiger partial charge in [0.05, 0.1) is 11.8 Å². The Kier molecular flexibility index (Phi) is 5.67. The van der Waals surface area contributed by atoms with Crippen molar-refractivity contribution in [3.63, 3.8) is 0 Å². The molecule has 0 unspecified atom stereocenters. The molecule has 3 rings (SSSR count). The van der Waals surface area contributed by atoms with Crippen molar-refractivity contribution in [3.8, 4) is 0 Å². The van der Waals surface area contributed by atoms with Gasteiger partial charge in [-0.3, -0.25) is 4.68 Å². The third-order valence-corrected chi connectivity index (χ3v) is 5.86. The third kappa shape index (κ3) is 4.17. The highest BCUT2D eigenvalue weighted by molar-refractivity contribution is 5.74. The minimum Gasteiger partial charge on any atom is -0.378 e. The fourth-order valence-corrected chi connectivity index (χ4v) is 4.22. The van der Waals surface area contributed by atoms with E-state index in [0.29, 0.717) is 12.0 Å². The summed E-state index contributed by atoms with van der Waals surface area (Å²) >= 11 is 0. The van der Waals surface area contributed by atoms with E-state index in [1.807, 2.05) is 23.6 Å². The number of piperidine rings is 1. The Morgan fingerprint density at radius 2 is 2.04 bits per heavy atom. The molecule has 2 saturated heterocycles. The molecule has 0 saturated carbocycles. The van der Waals surface area contributed by atoms with Crippen molar-refractivity contribution < 1.29 is 9.53 Å². The van der Waals surface area contributed by atoms with Gasteiger partial charge in [0.2, 0.25) is 0 Å². The highest BCUT2D eigenvalue weighted by Crippen LogP contribution is 2.28. The number of likely N-dealkylation sites (tertiary alicyclic amines) is 1. The average Bonchev–Trinajstić information content (AvgIpc) is 3.20. The number of carbonyl (C=O) groups is 1. The topological polar surface area (TPSA) is 59.4 Å². The van der Waals surface area contributed by atoms with E-state index < -0.39 is 0 Å². The molecule has 0 bridgehead atoms. The molecule has 1 N–H and O–H groups in total. The number of aromatic nitrogens is 2. The van der Waals surface area contributed by atoms with Gasteiger partial charge < -0.3 is 15.0 Å². The summed E-state index contributed by atoms with van der Waals surface area (Å²) in [6, 6.07) is 0.169. The lowest BCUT2D eigenvalue weighted by Crippen LogP contribution is -2.48. The van der Waals surface area contributed by atoms with Gasteiger partial charge in [0, 0.05) is 38.5 Å². The second-order valence-corrected chi connectivity index (χ2v) is 7.70. The maximum Gasteiger partial charge on any atom is 0.317 e. The predicted molar refractivity (Wildman–Crippen MR) is 97.7 cm³/mol. The number of carbonyl (C=O) groups excluding carboxylic acids is 1. The minimum atomic E-state index is 0.0671. The first-order chi connectivity index (χ1) is 12.0. The molecule has 0 spiro atoms. The molecule has 2 aliphatic heterocycles. The summed E-state index contributed by atoms with van der Waals surface area (Å²) in [5.74, 6) is 0.629. The lowest BCUT2D eigenvalue weighted by atomic mass is 9.90. The molecular formula is C19H32N4O2. The lowest BCUT2D eigenvalue weighted by Gasteiger charge is -2.35. The first kappa shape index (κ1) is 18.2. The van der Waals surface area contributed by atoms with Gasteiger partial charge in [-0.25, -0.2) is 4.79 Å². The highest BCUT2D eigenvalue weighted by Gasteiger charge is 2.31. The Bertz CT molecular complexity index is 599. The van der Waals surface area contributed by atoms with Crippen LogP contribution in [0.3, 0.4) is 0 Å². The summed E-state index contributed by atoms with van der Waals surface area (Å²) in [7, 11) is 1.97. The molecule has 140 valence electrons. The normalized spacial score (nSPS) is 23.0. The summed E-state index contributed by atoms with van der Waals surface area (Å²) in [6.07, 6.45) is 5.76. The first-order valence-electron chi connectivity index (χ1n) is 9.61. The zero-order valence-corrected chi connectivity index (χ0v) is 16.0. The van der Waals surface area contributed by atoms with Crippen LogP contribution in [0.15, 0.2) is 0 Å². The number of hydrogen-bond acceptors (Lipinski definition) is 3. The van der Waals surface area contributed by atoms with Gasteiger partial charge in [-0.05, 0) is 64.4 Å². The van der Waals surface area contributed by atoms with Gasteiger partial charge >= 0.3 is 6.03 Å². The third-order valence-electron chi connectivity index (χ3n) is 5.86. The molecule has 6 heteroatoms. The number of nitrogens with zero attached hydrogens (tertiary/aromatic N) is 3. The van der Waals surface area contributed by atoms with Gasteiger partial charge in [-0.1, -0.05) is 0 Å². The maximum absolute atomic E-state index is 12.6. The van der Waals surface area contributed by atoms with Crippen molar-refractivity contribution in [2.24, 2.45) is 13.0 Å². The fraction of sp³-hybridized carbons (Fsp3) is 0.789. The Morgan fingerprint density at radius 3 is 2.60 bits per heavy atom. The smallest absolute Gasteiger partial charge is 0.317 e.